The first-order valence-corrected chi connectivity index (χ1v) is 9.21. The van der Waals surface area contributed by atoms with Crippen LogP contribution < -0.4 is 10.6 Å². The molecule has 3 heterocycles. The van der Waals surface area contributed by atoms with Crippen LogP contribution >= 0.6 is 0 Å². The van der Waals surface area contributed by atoms with Gasteiger partial charge >= 0.3 is 6.09 Å². The largest absolute Gasteiger partial charge is 0.465 e. The number of fused-ring (bicyclic) bond motifs is 2. The van der Waals surface area contributed by atoms with Crippen LogP contribution in [0.15, 0.2) is 24.3 Å². The lowest BCUT2D eigenvalue weighted by Gasteiger charge is -2.48. The highest BCUT2D eigenvalue weighted by molar-refractivity contribution is 5.65. The number of piperidine rings is 2. The number of hydrogen-bond donors (Lipinski definition) is 3. The molecule has 3 N–H and O–H groups in total. The lowest BCUT2D eigenvalue weighted by molar-refractivity contribution is 0.113. The zero-order valence-electron chi connectivity index (χ0n) is 14.1. The predicted molar refractivity (Wildman–Crippen MR) is 93.3 cm³/mol. The fourth-order valence-electron chi connectivity index (χ4n) is 4.96. The molecule has 1 atom stereocenters. The molecule has 0 aromatic heterocycles. The fraction of sp³-hybridized carbons (Fsp3) is 0.632. The van der Waals surface area contributed by atoms with Crippen LogP contribution in [0.5, 0.6) is 0 Å². The number of hydrogen-bond acceptors (Lipinski definition) is 3. The summed E-state index contributed by atoms with van der Waals surface area (Å²) in [6.07, 6.45) is 3.52. The Morgan fingerprint density at radius 3 is 2.58 bits per heavy atom. The number of benzene rings is 1. The van der Waals surface area contributed by atoms with Gasteiger partial charge in [0.05, 0.1) is 0 Å². The van der Waals surface area contributed by atoms with Gasteiger partial charge in [0, 0.05) is 31.1 Å². The first-order chi connectivity index (χ1) is 11.7. The second kappa shape index (κ2) is 6.37. The Kier molecular flexibility index (Phi) is 4.22. The quantitative estimate of drug-likeness (QED) is 0.740. The van der Waals surface area contributed by atoms with Gasteiger partial charge in [0.2, 0.25) is 0 Å². The van der Waals surface area contributed by atoms with Crippen LogP contribution in [0, 0.1) is 5.92 Å². The highest BCUT2D eigenvalue weighted by Crippen LogP contribution is 2.44. The van der Waals surface area contributed by atoms with Crippen LogP contribution in [0.25, 0.3) is 0 Å². The monoisotopic (exact) mass is 329 g/mol. The summed E-state index contributed by atoms with van der Waals surface area (Å²) < 4.78 is 0. The average Bonchev–Trinajstić information content (AvgIpc) is 2.63. The Balaban J connectivity index is 1.57. The average molecular weight is 329 g/mol. The zero-order chi connectivity index (χ0) is 16.6. The molecule has 0 aliphatic carbocycles. The third-order valence-corrected chi connectivity index (χ3v) is 6.37. The Bertz CT molecular complexity index is 604. The SMILES string of the molecule is O=C(O)N1CCC(C2NCC3(CCNCC3)c3ccccc32)CC1. The van der Waals surface area contributed by atoms with Crippen LogP contribution in [-0.2, 0) is 5.41 Å². The molecular weight excluding hydrogens is 302 g/mol. The zero-order valence-corrected chi connectivity index (χ0v) is 14.1. The van der Waals surface area contributed by atoms with E-state index in [1.807, 2.05) is 0 Å². The Morgan fingerprint density at radius 2 is 1.88 bits per heavy atom. The van der Waals surface area contributed by atoms with Crippen LogP contribution in [0.3, 0.4) is 0 Å². The molecule has 1 aromatic carbocycles. The Hall–Kier alpha value is -1.59. The molecule has 0 radical (unpaired) electrons. The van der Waals surface area contributed by atoms with Gasteiger partial charge in [-0.05, 0) is 55.8 Å². The summed E-state index contributed by atoms with van der Waals surface area (Å²) in [4.78, 5) is 12.7. The van der Waals surface area contributed by atoms with E-state index in [0.717, 1.165) is 32.5 Å². The fourth-order valence-corrected chi connectivity index (χ4v) is 4.96. The van der Waals surface area contributed by atoms with E-state index in [9.17, 15) is 4.79 Å². The molecule has 0 bridgehead atoms. The summed E-state index contributed by atoms with van der Waals surface area (Å²) in [6.45, 7) is 4.57. The number of nitrogens with zero attached hydrogens (tertiary/aromatic N) is 1. The van der Waals surface area contributed by atoms with Crippen molar-refractivity contribution in [3.8, 4) is 0 Å². The molecule has 130 valence electrons. The lowest BCUT2D eigenvalue weighted by Crippen LogP contribution is -2.53. The van der Waals surface area contributed by atoms with Crippen molar-refractivity contribution in [2.75, 3.05) is 32.7 Å². The number of rotatable bonds is 1. The third-order valence-electron chi connectivity index (χ3n) is 6.37. The molecule has 1 aromatic rings. The van der Waals surface area contributed by atoms with Gasteiger partial charge in [0.25, 0.3) is 0 Å². The summed E-state index contributed by atoms with van der Waals surface area (Å²) in [7, 11) is 0. The van der Waals surface area contributed by atoms with Crippen molar-refractivity contribution in [2.45, 2.75) is 37.1 Å². The molecule has 5 heteroatoms. The van der Waals surface area contributed by atoms with Gasteiger partial charge in [0.15, 0.2) is 0 Å². The summed E-state index contributed by atoms with van der Waals surface area (Å²) in [6, 6.07) is 9.33. The third kappa shape index (κ3) is 2.70. The summed E-state index contributed by atoms with van der Waals surface area (Å²) >= 11 is 0. The first-order valence-electron chi connectivity index (χ1n) is 9.21. The van der Waals surface area contributed by atoms with Gasteiger partial charge in [-0.25, -0.2) is 4.79 Å². The Labute approximate surface area is 143 Å². The molecule has 1 spiro atoms. The standard InChI is InChI=1S/C19H27N3O2/c23-18(24)22-11-5-14(6-12-22)17-15-3-1-2-4-16(15)19(13-21-17)7-9-20-10-8-19/h1-4,14,17,20-21H,5-13H2,(H,23,24). The van der Waals surface area contributed by atoms with Gasteiger partial charge in [-0.2, -0.15) is 0 Å². The molecule has 24 heavy (non-hydrogen) atoms. The molecule has 1 unspecified atom stereocenters. The molecule has 0 saturated carbocycles. The molecular formula is C19H27N3O2. The highest BCUT2D eigenvalue weighted by atomic mass is 16.4. The van der Waals surface area contributed by atoms with Crippen LogP contribution in [0.1, 0.15) is 42.9 Å². The van der Waals surface area contributed by atoms with Gasteiger partial charge < -0.3 is 20.6 Å². The number of carboxylic acid groups (broad SMARTS) is 1. The van der Waals surface area contributed by atoms with Gasteiger partial charge in [-0.15, -0.1) is 0 Å². The van der Waals surface area contributed by atoms with Crippen molar-refractivity contribution in [1.82, 2.24) is 15.5 Å². The molecule has 2 fully saturated rings. The summed E-state index contributed by atoms with van der Waals surface area (Å²) in [5.41, 5.74) is 3.27. The van der Waals surface area contributed by atoms with Crippen molar-refractivity contribution in [3.63, 3.8) is 0 Å². The van der Waals surface area contributed by atoms with Gasteiger partial charge in [-0.3, -0.25) is 0 Å². The van der Waals surface area contributed by atoms with Gasteiger partial charge in [0.1, 0.15) is 0 Å². The van der Waals surface area contributed by atoms with Crippen molar-refractivity contribution in [2.24, 2.45) is 5.92 Å². The maximum atomic E-state index is 11.1. The number of carbonyl (C=O) groups is 1. The van der Waals surface area contributed by atoms with E-state index < -0.39 is 6.09 Å². The van der Waals surface area contributed by atoms with E-state index in [1.165, 1.54) is 24.0 Å². The molecule has 3 aliphatic rings. The maximum absolute atomic E-state index is 11.1. The molecule has 5 nitrogen and oxygen atoms in total. The minimum Gasteiger partial charge on any atom is -0.465 e. The predicted octanol–water partition coefficient (Wildman–Crippen LogP) is 2.34. The van der Waals surface area contributed by atoms with Crippen molar-refractivity contribution >= 4 is 6.09 Å². The second-order valence-corrected chi connectivity index (χ2v) is 7.58. The molecule has 2 saturated heterocycles. The first kappa shape index (κ1) is 15.9. The number of amides is 1. The van der Waals surface area contributed by atoms with Crippen LogP contribution in [0.2, 0.25) is 0 Å². The van der Waals surface area contributed by atoms with E-state index in [1.54, 1.807) is 4.90 Å². The topological polar surface area (TPSA) is 64.6 Å². The van der Waals surface area contributed by atoms with E-state index in [-0.39, 0.29) is 5.41 Å². The molecule has 3 aliphatic heterocycles. The smallest absolute Gasteiger partial charge is 0.407 e. The molecule has 1 amide bonds. The van der Waals surface area contributed by atoms with E-state index in [4.69, 9.17) is 5.11 Å². The van der Waals surface area contributed by atoms with E-state index >= 15 is 0 Å². The van der Waals surface area contributed by atoms with Crippen molar-refractivity contribution < 1.29 is 9.90 Å². The van der Waals surface area contributed by atoms with Crippen LogP contribution in [-0.4, -0.2) is 48.8 Å². The van der Waals surface area contributed by atoms with Gasteiger partial charge in [-0.1, -0.05) is 24.3 Å². The normalized spacial score (nSPS) is 27.0. The number of nitrogens with one attached hydrogen (secondary N) is 2. The summed E-state index contributed by atoms with van der Waals surface area (Å²) in [5, 5.41) is 16.5. The highest BCUT2D eigenvalue weighted by Gasteiger charge is 2.42. The lowest BCUT2D eigenvalue weighted by atomic mass is 9.66. The van der Waals surface area contributed by atoms with Crippen LogP contribution in [0.4, 0.5) is 4.79 Å². The Morgan fingerprint density at radius 1 is 1.17 bits per heavy atom. The van der Waals surface area contributed by atoms with Crippen molar-refractivity contribution in [3.05, 3.63) is 35.4 Å². The minimum absolute atomic E-state index is 0.278. The summed E-state index contributed by atoms with van der Waals surface area (Å²) in [5.74, 6) is 0.529. The number of likely N-dealkylation sites (tertiary alicyclic amines) is 1. The maximum Gasteiger partial charge on any atom is 0.407 e. The van der Waals surface area contributed by atoms with E-state index in [2.05, 4.69) is 34.9 Å². The second-order valence-electron chi connectivity index (χ2n) is 7.58. The minimum atomic E-state index is -0.779. The van der Waals surface area contributed by atoms with E-state index in [0.29, 0.717) is 25.0 Å². The molecule has 4 rings (SSSR count). The van der Waals surface area contributed by atoms with Crippen molar-refractivity contribution in [1.29, 1.82) is 0 Å².